The highest BCUT2D eigenvalue weighted by Gasteiger charge is 2.16. The van der Waals surface area contributed by atoms with Gasteiger partial charge in [0.25, 0.3) is 0 Å². The molecule has 142 valence electrons. The highest BCUT2D eigenvalue weighted by Crippen LogP contribution is 2.31. The number of aliphatic hydroxyl groups is 1. The minimum absolute atomic E-state index is 0.189. The van der Waals surface area contributed by atoms with Crippen molar-refractivity contribution in [3.63, 3.8) is 0 Å². The van der Waals surface area contributed by atoms with Crippen molar-refractivity contribution in [3.8, 4) is 11.3 Å². The first-order valence-electron chi connectivity index (χ1n) is 9.40. The number of morpholine rings is 1. The summed E-state index contributed by atoms with van der Waals surface area (Å²) in [5, 5.41) is 21.4. The summed E-state index contributed by atoms with van der Waals surface area (Å²) in [4.78, 5) is 6.77. The Hall–Kier alpha value is -3.32. The normalized spacial score (nSPS) is 17.2. The smallest absolute Gasteiger partial charge is 0.184 e. The van der Waals surface area contributed by atoms with Crippen LogP contribution in [0.5, 0.6) is 0 Å². The number of nitrogens with zero attached hydrogens (tertiary/aromatic N) is 3. The van der Waals surface area contributed by atoms with Crippen molar-refractivity contribution in [2.45, 2.75) is 0 Å². The van der Waals surface area contributed by atoms with Crippen LogP contribution in [-0.2, 0) is 4.74 Å². The molecule has 3 N–H and O–H groups in total. The van der Waals surface area contributed by atoms with Crippen molar-refractivity contribution in [2.75, 3.05) is 37.7 Å². The number of nitrogens with one attached hydrogen (secondary N) is 2. The molecule has 5 rings (SSSR count). The number of pyridine rings is 1. The molecule has 2 aliphatic rings. The highest BCUT2D eigenvalue weighted by atomic mass is 16.5. The van der Waals surface area contributed by atoms with Gasteiger partial charge in [0.2, 0.25) is 0 Å². The van der Waals surface area contributed by atoms with Gasteiger partial charge in [-0.15, -0.1) is 0 Å². The highest BCUT2D eigenvalue weighted by molar-refractivity contribution is 5.96. The fourth-order valence-electron chi connectivity index (χ4n) is 3.67. The van der Waals surface area contributed by atoms with Crippen LogP contribution in [0.15, 0.2) is 54.6 Å². The van der Waals surface area contributed by atoms with Gasteiger partial charge in [-0.25, -0.2) is 4.98 Å². The van der Waals surface area contributed by atoms with Gasteiger partial charge in [0.15, 0.2) is 5.88 Å². The van der Waals surface area contributed by atoms with Gasteiger partial charge in [-0.2, -0.15) is 5.10 Å². The van der Waals surface area contributed by atoms with Gasteiger partial charge in [-0.05, 0) is 35.4 Å². The van der Waals surface area contributed by atoms with Crippen LogP contribution in [-0.4, -0.2) is 53.1 Å². The molecule has 0 spiro atoms. The Morgan fingerprint density at radius 1 is 1.07 bits per heavy atom. The van der Waals surface area contributed by atoms with Crippen LogP contribution in [0.4, 0.5) is 5.82 Å². The Labute approximate surface area is 162 Å². The summed E-state index contributed by atoms with van der Waals surface area (Å²) in [6.45, 7) is 3.76. The Balaban J connectivity index is 1.54. The predicted octanol–water partition coefficient (Wildman–Crippen LogP) is 2.85. The zero-order chi connectivity index (χ0) is 18.9. The first-order chi connectivity index (χ1) is 13.8. The number of ether oxygens (including phenoxy) is 1. The van der Waals surface area contributed by atoms with E-state index >= 15 is 0 Å². The lowest BCUT2D eigenvalue weighted by atomic mass is 10.00. The molecule has 4 heterocycles. The number of H-pyrrole nitrogens is 1. The van der Waals surface area contributed by atoms with Gasteiger partial charge in [0.05, 0.1) is 18.7 Å². The van der Waals surface area contributed by atoms with Crippen LogP contribution >= 0.6 is 0 Å². The van der Waals surface area contributed by atoms with Crippen LogP contribution in [0.1, 0.15) is 5.56 Å². The summed E-state index contributed by atoms with van der Waals surface area (Å²) in [6, 6.07) is 10.3. The summed E-state index contributed by atoms with van der Waals surface area (Å²) in [6.07, 6.45) is 5.64. The summed E-state index contributed by atoms with van der Waals surface area (Å²) in [5.41, 5.74) is 4.94. The minimum Gasteiger partial charge on any atom is -0.495 e. The SMILES string of the molecule is OC1=CC(c2ccc3[nH]nc(-c4ccnc(N5CCOCC5)c4)c3c2)=CCN1. The van der Waals surface area contributed by atoms with Crippen LogP contribution < -0.4 is 10.2 Å². The Morgan fingerprint density at radius 2 is 1.96 bits per heavy atom. The van der Waals surface area contributed by atoms with Gasteiger partial charge in [-0.1, -0.05) is 12.1 Å². The van der Waals surface area contributed by atoms with Gasteiger partial charge < -0.3 is 20.1 Å². The van der Waals surface area contributed by atoms with Gasteiger partial charge in [-0.3, -0.25) is 5.10 Å². The lowest BCUT2D eigenvalue weighted by Gasteiger charge is -2.27. The van der Waals surface area contributed by atoms with Crippen molar-refractivity contribution < 1.29 is 9.84 Å². The third-order valence-corrected chi connectivity index (χ3v) is 5.15. The first kappa shape index (κ1) is 16.8. The molecule has 7 nitrogen and oxygen atoms in total. The number of dihydropyridines is 1. The quantitative estimate of drug-likeness (QED) is 0.653. The number of hydrogen-bond acceptors (Lipinski definition) is 6. The average molecular weight is 375 g/mol. The molecule has 0 aliphatic carbocycles. The van der Waals surface area contributed by atoms with E-state index in [0.717, 1.165) is 65.4 Å². The lowest BCUT2D eigenvalue weighted by molar-refractivity contribution is 0.122. The largest absolute Gasteiger partial charge is 0.495 e. The molecule has 1 aromatic carbocycles. The zero-order valence-corrected chi connectivity index (χ0v) is 15.4. The third kappa shape index (κ3) is 3.10. The lowest BCUT2D eigenvalue weighted by Crippen LogP contribution is -2.36. The van der Waals surface area contributed by atoms with Gasteiger partial charge in [0, 0.05) is 42.9 Å². The van der Waals surface area contributed by atoms with Crippen LogP contribution in [0.25, 0.3) is 27.7 Å². The van der Waals surface area contributed by atoms with E-state index in [1.165, 1.54) is 0 Å². The maximum Gasteiger partial charge on any atom is 0.184 e. The van der Waals surface area contributed by atoms with E-state index < -0.39 is 0 Å². The second-order valence-corrected chi connectivity index (χ2v) is 6.90. The van der Waals surface area contributed by atoms with Crippen molar-refractivity contribution in [1.82, 2.24) is 20.5 Å². The van der Waals surface area contributed by atoms with Gasteiger partial charge in [0.1, 0.15) is 11.5 Å². The van der Waals surface area contributed by atoms with Gasteiger partial charge >= 0.3 is 0 Å². The molecule has 0 saturated carbocycles. The number of hydrogen-bond donors (Lipinski definition) is 3. The van der Waals surface area contributed by atoms with Crippen LogP contribution in [0.2, 0.25) is 0 Å². The number of allylic oxidation sites excluding steroid dienone is 2. The number of rotatable bonds is 3. The Bertz CT molecular complexity index is 1080. The molecule has 2 aromatic heterocycles. The van der Waals surface area contributed by atoms with E-state index in [4.69, 9.17) is 4.74 Å². The summed E-state index contributed by atoms with van der Waals surface area (Å²) >= 11 is 0. The Morgan fingerprint density at radius 3 is 2.82 bits per heavy atom. The fraction of sp³-hybridized carbons (Fsp3) is 0.238. The van der Waals surface area contributed by atoms with E-state index in [9.17, 15) is 5.11 Å². The monoisotopic (exact) mass is 375 g/mol. The van der Waals surface area contributed by atoms with E-state index in [1.807, 2.05) is 24.4 Å². The number of aromatic amines is 1. The predicted molar refractivity (Wildman–Crippen MR) is 109 cm³/mol. The maximum atomic E-state index is 9.77. The van der Waals surface area contributed by atoms with Crippen LogP contribution in [0, 0.1) is 0 Å². The number of fused-ring (bicyclic) bond motifs is 1. The zero-order valence-electron chi connectivity index (χ0n) is 15.4. The van der Waals surface area contributed by atoms with E-state index in [2.05, 4.69) is 43.6 Å². The topological polar surface area (TPSA) is 86.3 Å². The minimum atomic E-state index is 0.189. The van der Waals surface area contributed by atoms with Crippen LogP contribution in [0.3, 0.4) is 0 Å². The standard InChI is InChI=1S/C21H21N5O2/c27-20-13-15(3-6-23-20)14-1-2-18-17(11-14)21(25-24-18)16-4-5-22-19(12-16)26-7-9-28-10-8-26/h1-5,11-13,23,27H,6-10H2,(H,24,25). The van der Waals surface area contributed by atoms with E-state index in [0.29, 0.717) is 6.54 Å². The number of aliphatic hydroxyl groups excluding tert-OH is 1. The second-order valence-electron chi connectivity index (χ2n) is 6.90. The summed E-state index contributed by atoms with van der Waals surface area (Å²) in [5.74, 6) is 1.14. The molecule has 28 heavy (non-hydrogen) atoms. The molecular weight excluding hydrogens is 354 g/mol. The van der Waals surface area contributed by atoms with E-state index in [1.54, 1.807) is 6.08 Å². The van der Waals surface area contributed by atoms with Crippen molar-refractivity contribution in [2.24, 2.45) is 0 Å². The number of benzene rings is 1. The number of aromatic nitrogens is 3. The van der Waals surface area contributed by atoms with Crippen molar-refractivity contribution in [1.29, 1.82) is 0 Å². The molecule has 0 atom stereocenters. The summed E-state index contributed by atoms with van der Waals surface area (Å²) in [7, 11) is 0. The molecule has 1 fully saturated rings. The Kier molecular flexibility index (Phi) is 4.21. The third-order valence-electron chi connectivity index (χ3n) is 5.15. The number of anilines is 1. The van der Waals surface area contributed by atoms with Crippen molar-refractivity contribution in [3.05, 3.63) is 60.1 Å². The molecular formula is C21H21N5O2. The summed E-state index contributed by atoms with van der Waals surface area (Å²) < 4.78 is 5.44. The molecule has 0 amide bonds. The molecule has 2 aliphatic heterocycles. The van der Waals surface area contributed by atoms with Crippen molar-refractivity contribution >= 4 is 22.3 Å². The molecule has 0 radical (unpaired) electrons. The van der Waals surface area contributed by atoms with E-state index in [-0.39, 0.29) is 5.88 Å². The molecule has 0 bridgehead atoms. The molecule has 1 saturated heterocycles. The average Bonchev–Trinajstić information content (AvgIpc) is 3.18. The molecule has 7 heteroatoms. The first-order valence-corrected chi connectivity index (χ1v) is 9.40. The second kappa shape index (κ2) is 7.01. The molecule has 3 aromatic rings. The molecule has 0 unspecified atom stereocenters. The fourth-order valence-corrected chi connectivity index (χ4v) is 3.67. The maximum absolute atomic E-state index is 9.77.